The predicted molar refractivity (Wildman–Crippen MR) is 93.6 cm³/mol. The van der Waals surface area contributed by atoms with Crippen molar-refractivity contribution in [2.45, 2.75) is 71.1 Å². The van der Waals surface area contributed by atoms with Gasteiger partial charge in [0.15, 0.2) is 0 Å². The summed E-state index contributed by atoms with van der Waals surface area (Å²) in [5.41, 5.74) is 2.41. The van der Waals surface area contributed by atoms with Crippen LogP contribution in [0.5, 0.6) is 0 Å². The van der Waals surface area contributed by atoms with Gasteiger partial charge in [-0.05, 0) is 57.1 Å². The molecule has 0 saturated heterocycles. The van der Waals surface area contributed by atoms with Crippen molar-refractivity contribution in [3.8, 4) is 0 Å². The number of rotatable bonds is 7. The molecule has 2 N–H and O–H groups in total. The largest absolute Gasteiger partial charge is 0.444 e. The third kappa shape index (κ3) is 6.22. The molecule has 1 aromatic carbocycles. The summed E-state index contributed by atoms with van der Waals surface area (Å²) in [4.78, 5) is 11.7. The van der Waals surface area contributed by atoms with E-state index in [-0.39, 0.29) is 12.1 Å². The van der Waals surface area contributed by atoms with Gasteiger partial charge >= 0.3 is 6.09 Å². The van der Waals surface area contributed by atoms with E-state index in [9.17, 15) is 4.79 Å². The second-order valence-corrected chi connectivity index (χ2v) is 7.34. The second kappa shape index (κ2) is 7.82. The first-order valence-electron chi connectivity index (χ1n) is 8.67. The summed E-state index contributed by atoms with van der Waals surface area (Å²) in [6.45, 7) is 9.17. The molecule has 0 aliphatic heterocycles. The maximum atomic E-state index is 11.7. The van der Waals surface area contributed by atoms with Crippen molar-refractivity contribution in [2.75, 3.05) is 6.54 Å². The smallest absolute Gasteiger partial charge is 0.407 e. The molecular weight excluding hydrogens is 288 g/mol. The third-order valence-corrected chi connectivity index (χ3v) is 4.04. The molecule has 23 heavy (non-hydrogen) atoms. The number of hydrogen-bond acceptors (Lipinski definition) is 3. The van der Waals surface area contributed by atoms with E-state index < -0.39 is 5.60 Å². The highest BCUT2D eigenvalue weighted by Crippen LogP contribution is 2.41. The van der Waals surface area contributed by atoms with E-state index >= 15 is 0 Å². The summed E-state index contributed by atoms with van der Waals surface area (Å²) >= 11 is 0. The van der Waals surface area contributed by atoms with Crippen molar-refractivity contribution >= 4 is 6.09 Å². The first kappa shape index (κ1) is 17.8. The Hall–Kier alpha value is -1.55. The van der Waals surface area contributed by atoms with Crippen molar-refractivity contribution in [2.24, 2.45) is 0 Å². The highest BCUT2D eigenvalue weighted by Gasteiger charge is 2.25. The first-order chi connectivity index (χ1) is 10.9. The standard InChI is InChI=1S/C19H30N2O2/c1-5-16(13-21-18(22)23-19(2,3)4)20-12-15-8-6-7-9-17(15)14-10-11-14/h6-9,14,16,20H,5,10-13H2,1-4H3,(H,21,22). The van der Waals surface area contributed by atoms with Gasteiger partial charge in [0.1, 0.15) is 5.60 Å². The monoisotopic (exact) mass is 318 g/mol. The molecule has 0 aromatic heterocycles. The average molecular weight is 318 g/mol. The number of carbonyl (C=O) groups is 1. The van der Waals surface area contributed by atoms with Gasteiger partial charge in [-0.15, -0.1) is 0 Å². The summed E-state index contributed by atoms with van der Waals surface area (Å²) in [6, 6.07) is 8.92. The van der Waals surface area contributed by atoms with Crippen LogP contribution in [0.2, 0.25) is 0 Å². The molecule has 1 unspecified atom stereocenters. The topological polar surface area (TPSA) is 50.4 Å². The van der Waals surface area contributed by atoms with E-state index in [1.165, 1.54) is 24.0 Å². The molecule has 1 amide bonds. The number of hydrogen-bond donors (Lipinski definition) is 2. The van der Waals surface area contributed by atoms with E-state index in [1.807, 2.05) is 20.8 Å². The minimum atomic E-state index is -0.456. The van der Waals surface area contributed by atoms with Crippen molar-refractivity contribution in [3.63, 3.8) is 0 Å². The van der Waals surface area contributed by atoms with Crippen LogP contribution in [0.15, 0.2) is 24.3 Å². The van der Waals surface area contributed by atoms with Crippen LogP contribution in [0.3, 0.4) is 0 Å². The Balaban J connectivity index is 1.80. The van der Waals surface area contributed by atoms with E-state index in [1.54, 1.807) is 0 Å². The first-order valence-corrected chi connectivity index (χ1v) is 8.67. The molecule has 4 heteroatoms. The molecule has 4 nitrogen and oxygen atoms in total. The number of nitrogens with one attached hydrogen (secondary N) is 2. The second-order valence-electron chi connectivity index (χ2n) is 7.34. The fourth-order valence-electron chi connectivity index (χ4n) is 2.62. The van der Waals surface area contributed by atoms with Crippen molar-refractivity contribution in [1.82, 2.24) is 10.6 Å². The van der Waals surface area contributed by atoms with Gasteiger partial charge in [0.2, 0.25) is 0 Å². The van der Waals surface area contributed by atoms with Crippen LogP contribution < -0.4 is 10.6 Å². The summed E-state index contributed by atoms with van der Waals surface area (Å²) in [5.74, 6) is 0.757. The van der Waals surface area contributed by atoms with Crippen LogP contribution in [0.25, 0.3) is 0 Å². The van der Waals surface area contributed by atoms with Crippen LogP contribution in [0.1, 0.15) is 64.0 Å². The zero-order chi connectivity index (χ0) is 16.9. The molecule has 1 fully saturated rings. The van der Waals surface area contributed by atoms with Gasteiger partial charge in [-0.25, -0.2) is 4.79 Å². The lowest BCUT2D eigenvalue weighted by atomic mass is 10.0. The summed E-state index contributed by atoms with van der Waals surface area (Å²) in [5, 5.41) is 6.41. The quantitative estimate of drug-likeness (QED) is 0.800. The summed E-state index contributed by atoms with van der Waals surface area (Å²) < 4.78 is 5.28. The molecule has 128 valence electrons. The molecule has 1 saturated carbocycles. The SMILES string of the molecule is CCC(CNC(=O)OC(C)(C)C)NCc1ccccc1C1CC1. The Morgan fingerprint density at radius 3 is 2.61 bits per heavy atom. The minimum Gasteiger partial charge on any atom is -0.444 e. The molecule has 1 aliphatic rings. The van der Waals surface area contributed by atoms with E-state index in [0.717, 1.165) is 18.9 Å². The normalized spacial score (nSPS) is 16.0. The van der Waals surface area contributed by atoms with Gasteiger partial charge in [-0.2, -0.15) is 0 Å². The maximum Gasteiger partial charge on any atom is 0.407 e. The van der Waals surface area contributed by atoms with Gasteiger partial charge in [0, 0.05) is 19.1 Å². The molecular formula is C19H30N2O2. The van der Waals surface area contributed by atoms with Gasteiger partial charge in [-0.3, -0.25) is 0 Å². The van der Waals surface area contributed by atoms with Crippen LogP contribution in [0.4, 0.5) is 4.79 Å². The lowest BCUT2D eigenvalue weighted by Crippen LogP contribution is -2.42. The zero-order valence-electron chi connectivity index (χ0n) is 14.8. The fraction of sp³-hybridized carbons (Fsp3) is 0.632. The Morgan fingerprint density at radius 2 is 2.00 bits per heavy atom. The van der Waals surface area contributed by atoms with Crippen molar-refractivity contribution < 1.29 is 9.53 Å². The van der Waals surface area contributed by atoms with E-state index in [0.29, 0.717) is 6.54 Å². The average Bonchev–Trinajstić information content (AvgIpc) is 3.30. The third-order valence-electron chi connectivity index (χ3n) is 4.04. The lowest BCUT2D eigenvalue weighted by molar-refractivity contribution is 0.0522. The van der Waals surface area contributed by atoms with Crippen molar-refractivity contribution in [3.05, 3.63) is 35.4 Å². The molecule has 0 heterocycles. The van der Waals surface area contributed by atoms with E-state index in [4.69, 9.17) is 4.74 Å². The Kier molecular flexibility index (Phi) is 6.05. The van der Waals surface area contributed by atoms with Crippen LogP contribution in [-0.2, 0) is 11.3 Å². The van der Waals surface area contributed by atoms with Crippen LogP contribution in [-0.4, -0.2) is 24.3 Å². The summed E-state index contributed by atoms with van der Waals surface area (Å²) in [6.07, 6.45) is 3.24. The molecule has 0 bridgehead atoms. The Labute approximate surface area is 140 Å². The van der Waals surface area contributed by atoms with E-state index in [2.05, 4.69) is 41.8 Å². The van der Waals surface area contributed by atoms with Gasteiger partial charge < -0.3 is 15.4 Å². The molecule has 1 aliphatic carbocycles. The zero-order valence-corrected chi connectivity index (χ0v) is 14.8. The van der Waals surface area contributed by atoms with Gasteiger partial charge in [0.25, 0.3) is 0 Å². The molecule has 0 spiro atoms. The predicted octanol–water partition coefficient (Wildman–Crippen LogP) is 3.96. The Morgan fingerprint density at radius 1 is 1.30 bits per heavy atom. The molecule has 1 atom stereocenters. The number of carbonyl (C=O) groups excluding carboxylic acids is 1. The van der Waals surface area contributed by atoms with Crippen LogP contribution >= 0.6 is 0 Å². The molecule has 0 radical (unpaired) electrons. The molecule has 1 aromatic rings. The Bertz CT molecular complexity index is 518. The van der Waals surface area contributed by atoms with Crippen molar-refractivity contribution in [1.29, 1.82) is 0 Å². The summed E-state index contributed by atoms with van der Waals surface area (Å²) in [7, 11) is 0. The number of ether oxygens (including phenoxy) is 1. The maximum absolute atomic E-state index is 11.7. The number of alkyl carbamates (subject to hydrolysis) is 1. The highest BCUT2D eigenvalue weighted by atomic mass is 16.6. The number of amides is 1. The lowest BCUT2D eigenvalue weighted by Gasteiger charge is -2.22. The van der Waals surface area contributed by atoms with Crippen LogP contribution in [0, 0.1) is 0 Å². The molecule has 2 rings (SSSR count). The number of benzene rings is 1. The fourth-order valence-corrected chi connectivity index (χ4v) is 2.62. The minimum absolute atomic E-state index is 0.245. The van der Waals surface area contributed by atoms with Gasteiger partial charge in [0.05, 0.1) is 0 Å². The van der Waals surface area contributed by atoms with Gasteiger partial charge in [-0.1, -0.05) is 31.2 Å². The highest BCUT2D eigenvalue weighted by molar-refractivity contribution is 5.67.